The third-order valence-corrected chi connectivity index (χ3v) is 5.80. The Labute approximate surface area is 177 Å². The monoisotopic (exact) mass is 438 g/mol. The van der Waals surface area contributed by atoms with Gasteiger partial charge in [-0.15, -0.1) is 0 Å². The van der Waals surface area contributed by atoms with Gasteiger partial charge in [-0.2, -0.15) is 8.42 Å². The Kier molecular flexibility index (Phi) is 5.06. The van der Waals surface area contributed by atoms with Crippen LogP contribution in [0.5, 0.6) is 5.75 Å². The standard InChI is InChI=1S/C21H14N2O5S2/c24-19-18(20(25)23-21(29)22-19)11-13-5-8-16(9-6-13)28-30(26,27)17-10-7-14-3-1-2-4-15(14)12-17/h1-12H,(H2,22,23,24,25,29). The van der Waals surface area contributed by atoms with E-state index in [4.69, 9.17) is 16.4 Å². The van der Waals surface area contributed by atoms with Gasteiger partial charge in [0.25, 0.3) is 11.8 Å². The van der Waals surface area contributed by atoms with Crippen LogP contribution in [0.3, 0.4) is 0 Å². The number of benzene rings is 3. The molecule has 1 aliphatic heterocycles. The smallest absolute Gasteiger partial charge is 0.339 e. The zero-order valence-electron chi connectivity index (χ0n) is 15.3. The van der Waals surface area contributed by atoms with Gasteiger partial charge >= 0.3 is 10.1 Å². The molecule has 2 amide bonds. The van der Waals surface area contributed by atoms with E-state index >= 15 is 0 Å². The maximum absolute atomic E-state index is 12.6. The Hall–Kier alpha value is -3.56. The number of nitrogens with one attached hydrogen (secondary N) is 2. The molecule has 3 aromatic rings. The molecule has 150 valence electrons. The van der Waals surface area contributed by atoms with E-state index in [0.717, 1.165) is 10.8 Å². The van der Waals surface area contributed by atoms with Gasteiger partial charge in [0.2, 0.25) is 0 Å². The molecule has 0 atom stereocenters. The van der Waals surface area contributed by atoms with Gasteiger partial charge in [0.05, 0.1) is 0 Å². The minimum absolute atomic E-state index is 0.0407. The largest absolute Gasteiger partial charge is 0.379 e. The Bertz CT molecular complexity index is 1310. The van der Waals surface area contributed by atoms with Crippen molar-refractivity contribution in [3.05, 3.63) is 77.9 Å². The SMILES string of the molecule is O=C1NC(=S)NC(=O)C1=Cc1ccc(OS(=O)(=O)c2ccc3ccccc3c2)cc1. The number of rotatable bonds is 4. The van der Waals surface area contributed by atoms with Crippen LogP contribution < -0.4 is 14.8 Å². The number of fused-ring (bicyclic) bond motifs is 1. The van der Waals surface area contributed by atoms with Crippen LogP contribution in [-0.2, 0) is 19.7 Å². The maximum Gasteiger partial charge on any atom is 0.339 e. The summed E-state index contributed by atoms with van der Waals surface area (Å²) in [4.78, 5) is 23.8. The predicted octanol–water partition coefficient (Wildman–Crippen LogP) is 2.52. The van der Waals surface area contributed by atoms with E-state index in [0.29, 0.717) is 5.56 Å². The molecule has 0 aliphatic carbocycles. The fourth-order valence-corrected chi connectivity index (χ4v) is 4.04. The summed E-state index contributed by atoms with van der Waals surface area (Å²) in [6, 6.07) is 18.1. The van der Waals surface area contributed by atoms with Gasteiger partial charge in [-0.1, -0.05) is 42.5 Å². The summed E-state index contributed by atoms with van der Waals surface area (Å²) in [5.41, 5.74) is 0.402. The molecule has 1 saturated heterocycles. The van der Waals surface area contributed by atoms with Crippen molar-refractivity contribution >= 4 is 56.1 Å². The van der Waals surface area contributed by atoms with Crippen molar-refractivity contribution in [1.82, 2.24) is 10.6 Å². The van der Waals surface area contributed by atoms with Crippen LogP contribution in [0.15, 0.2) is 77.2 Å². The van der Waals surface area contributed by atoms with Crippen molar-refractivity contribution < 1.29 is 22.2 Å². The summed E-state index contributed by atoms with van der Waals surface area (Å²) >= 11 is 4.75. The van der Waals surface area contributed by atoms with Crippen LogP contribution in [0.25, 0.3) is 16.8 Å². The van der Waals surface area contributed by atoms with Crippen molar-refractivity contribution in [2.24, 2.45) is 0 Å². The third-order valence-electron chi connectivity index (χ3n) is 4.35. The molecule has 0 saturated carbocycles. The highest BCUT2D eigenvalue weighted by molar-refractivity contribution is 7.87. The summed E-state index contributed by atoms with van der Waals surface area (Å²) in [6.07, 6.45) is 1.37. The summed E-state index contributed by atoms with van der Waals surface area (Å²) in [6.45, 7) is 0. The van der Waals surface area contributed by atoms with Gasteiger partial charge in [0, 0.05) is 0 Å². The molecule has 7 nitrogen and oxygen atoms in total. The zero-order valence-corrected chi connectivity index (χ0v) is 16.9. The van der Waals surface area contributed by atoms with E-state index in [9.17, 15) is 18.0 Å². The fraction of sp³-hybridized carbons (Fsp3) is 0. The van der Waals surface area contributed by atoms with Crippen molar-refractivity contribution in [3.8, 4) is 5.75 Å². The van der Waals surface area contributed by atoms with E-state index < -0.39 is 21.9 Å². The highest BCUT2D eigenvalue weighted by Crippen LogP contribution is 2.23. The summed E-state index contributed by atoms with van der Waals surface area (Å²) < 4.78 is 30.4. The van der Waals surface area contributed by atoms with Crippen molar-refractivity contribution in [1.29, 1.82) is 0 Å². The van der Waals surface area contributed by atoms with Gasteiger partial charge in [-0.25, -0.2) is 0 Å². The Morgan fingerprint density at radius 2 is 1.47 bits per heavy atom. The lowest BCUT2D eigenvalue weighted by Crippen LogP contribution is -2.51. The van der Waals surface area contributed by atoms with Gasteiger partial charge in [0.1, 0.15) is 16.2 Å². The lowest BCUT2D eigenvalue weighted by molar-refractivity contribution is -0.123. The van der Waals surface area contributed by atoms with Crippen molar-refractivity contribution in [2.75, 3.05) is 0 Å². The molecule has 30 heavy (non-hydrogen) atoms. The zero-order chi connectivity index (χ0) is 21.3. The molecular formula is C21H14N2O5S2. The average molecular weight is 438 g/mol. The van der Waals surface area contributed by atoms with E-state index in [2.05, 4.69) is 10.6 Å². The van der Waals surface area contributed by atoms with Gasteiger partial charge in [-0.3, -0.25) is 20.2 Å². The van der Waals surface area contributed by atoms with E-state index in [1.807, 2.05) is 24.3 Å². The second-order valence-electron chi connectivity index (χ2n) is 6.41. The highest BCUT2D eigenvalue weighted by atomic mass is 32.2. The van der Waals surface area contributed by atoms with Crippen LogP contribution >= 0.6 is 12.2 Å². The Morgan fingerprint density at radius 3 is 2.13 bits per heavy atom. The quantitative estimate of drug-likeness (QED) is 0.281. The molecular weight excluding hydrogens is 424 g/mol. The third kappa shape index (κ3) is 4.07. The molecule has 4 rings (SSSR count). The number of amides is 2. The normalized spacial score (nSPS) is 14.3. The molecule has 3 aromatic carbocycles. The molecule has 9 heteroatoms. The average Bonchev–Trinajstić information content (AvgIpc) is 2.71. The number of carbonyl (C=O) groups is 2. The summed E-state index contributed by atoms with van der Waals surface area (Å²) in [7, 11) is -4.03. The van der Waals surface area contributed by atoms with Crippen molar-refractivity contribution in [3.63, 3.8) is 0 Å². The number of thiocarbonyl (C=S) groups is 1. The second-order valence-corrected chi connectivity index (χ2v) is 8.37. The first-order chi connectivity index (χ1) is 14.3. The molecule has 1 fully saturated rings. The van der Waals surface area contributed by atoms with Gasteiger partial charge in [0.15, 0.2) is 5.11 Å². The Balaban J connectivity index is 1.55. The first-order valence-electron chi connectivity index (χ1n) is 8.73. The number of hydrogen-bond acceptors (Lipinski definition) is 6. The summed E-state index contributed by atoms with van der Waals surface area (Å²) in [5.74, 6) is -1.12. The second kappa shape index (κ2) is 7.69. The number of carbonyl (C=O) groups excluding carboxylic acids is 2. The first kappa shape index (κ1) is 19.7. The lowest BCUT2D eigenvalue weighted by Gasteiger charge is -2.16. The minimum Gasteiger partial charge on any atom is -0.379 e. The van der Waals surface area contributed by atoms with Gasteiger partial charge < -0.3 is 4.18 Å². The van der Waals surface area contributed by atoms with E-state index in [1.165, 1.54) is 36.4 Å². The summed E-state index contributed by atoms with van der Waals surface area (Å²) in [5, 5.41) is 6.34. The molecule has 1 aliphatic rings. The van der Waals surface area contributed by atoms with Crippen LogP contribution in [0.4, 0.5) is 0 Å². The molecule has 1 heterocycles. The lowest BCUT2D eigenvalue weighted by atomic mass is 10.1. The molecule has 0 unspecified atom stereocenters. The van der Waals surface area contributed by atoms with Crippen LogP contribution in [0.1, 0.15) is 5.56 Å². The van der Waals surface area contributed by atoms with E-state index in [-0.39, 0.29) is 21.3 Å². The van der Waals surface area contributed by atoms with Crippen LogP contribution in [-0.4, -0.2) is 25.3 Å². The fourth-order valence-electron chi connectivity index (χ4n) is 2.89. The van der Waals surface area contributed by atoms with Crippen molar-refractivity contribution in [2.45, 2.75) is 4.90 Å². The first-order valence-corrected chi connectivity index (χ1v) is 10.6. The number of hydrogen-bond donors (Lipinski definition) is 2. The highest BCUT2D eigenvalue weighted by Gasteiger charge is 2.25. The van der Waals surface area contributed by atoms with Gasteiger partial charge in [-0.05, 0) is 58.9 Å². The molecule has 2 N–H and O–H groups in total. The minimum atomic E-state index is -4.03. The molecule has 0 bridgehead atoms. The molecule has 0 radical (unpaired) electrons. The Morgan fingerprint density at radius 1 is 0.833 bits per heavy atom. The topological polar surface area (TPSA) is 102 Å². The van der Waals surface area contributed by atoms with Crippen LogP contribution in [0.2, 0.25) is 0 Å². The maximum atomic E-state index is 12.6. The molecule has 0 aromatic heterocycles. The predicted molar refractivity (Wildman–Crippen MR) is 115 cm³/mol. The van der Waals surface area contributed by atoms with E-state index in [1.54, 1.807) is 12.1 Å². The van der Waals surface area contributed by atoms with Crippen LogP contribution in [0, 0.1) is 0 Å². The molecule has 0 spiro atoms.